The van der Waals surface area contributed by atoms with Crippen LogP contribution in [0.25, 0.3) is 0 Å². The first-order valence-corrected chi connectivity index (χ1v) is 10.6. The summed E-state index contributed by atoms with van der Waals surface area (Å²) in [5.74, 6) is -3.19. The van der Waals surface area contributed by atoms with Crippen molar-refractivity contribution in [1.82, 2.24) is 5.32 Å². The van der Waals surface area contributed by atoms with E-state index < -0.39 is 48.9 Å². The van der Waals surface area contributed by atoms with Gasteiger partial charge in [0.2, 0.25) is 5.91 Å². The van der Waals surface area contributed by atoms with Crippen LogP contribution < -0.4 is 10.2 Å². The fourth-order valence-corrected chi connectivity index (χ4v) is 3.72. The van der Waals surface area contributed by atoms with Crippen LogP contribution in [0.5, 0.6) is 0 Å². The number of ketones is 1. The molecule has 0 radical (unpaired) electrons. The molecule has 0 aromatic heterocycles. The first-order valence-electron chi connectivity index (χ1n) is 10.2. The number of rotatable bonds is 8. The Kier molecular flexibility index (Phi) is 8.00. The molecule has 1 aliphatic rings. The second-order valence-corrected chi connectivity index (χ2v) is 7.93. The van der Waals surface area contributed by atoms with Crippen molar-refractivity contribution < 1.29 is 33.4 Å². The third kappa shape index (κ3) is 6.07. The number of carboxylic acid groups (broad SMARTS) is 1. The van der Waals surface area contributed by atoms with Gasteiger partial charge in [-0.25, -0.2) is 9.18 Å². The molecule has 8 nitrogen and oxygen atoms in total. The minimum Gasteiger partial charge on any atom is -0.481 e. The van der Waals surface area contributed by atoms with Gasteiger partial charge < -0.3 is 15.2 Å². The zero-order chi connectivity index (χ0) is 24.0. The number of Topliss-reactive ketones (excluding diaryl/α,β-unsaturated/α-hetero) is 1. The van der Waals surface area contributed by atoms with Gasteiger partial charge >= 0.3 is 12.1 Å². The molecule has 0 bridgehead atoms. The minimum atomic E-state index is -1.54. The van der Waals surface area contributed by atoms with E-state index in [9.17, 15) is 23.6 Å². The molecule has 0 aliphatic carbocycles. The SMILES string of the molecule is O=C(O)CC(NC(=O)[C@@H]1CCc2ccccc2N1C(=O)OCc1ccc(Cl)cc1)C(=O)CF. The first-order chi connectivity index (χ1) is 15.8. The number of amides is 2. The molecule has 3 rings (SSSR count). The zero-order valence-electron chi connectivity index (χ0n) is 17.5. The number of para-hydroxylation sites is 1. The lowest BCUT2D eigenvalue weighted by Crippen LogP contribution is -2.55. The van der Waals surface area contributed by atoms with Gasteiger partial charge in [0.05, 0.1) is 12.1 Å². The highest BCUT2D eigenvalue weighted by molar-refractivity contribution is 6.30. The van der Waals surface area contributed by atoms with Crippen molar-refractivity contribution in [1.29, 1.82) is 0 Å². The molecule has 2 aromatic rings. The summed E-state index contributed by atoms with van der Waals surface area (Å²) in [6, 6.07) is 11.1. The van der Waals surface area contributed by atoms with Crippen molar-refractivity contribution in [2.45, 2.75) is 38.0 Å². The van der Waals surface area contributed by atoms with Gasteiger partial charge in [0.1, 0.15) is 25.4 Å². The summed E-state index contributed by atoms with van der Waals surface area (Å²) in [4.78, 5) is 50.1. The number of anilines is 1. The predicted octanol–water partition coefficient (Wildman–Crippen LogP) is 3.30. The molecular weight excluding hydrogens is 455 g/mol. The standard InChI is InChI=1S/C23H22ClFN2O6/c24-16-8-5-14(6-9-16)13-33-23(32)27-18-4-2-1-3-15(18)7-10-19(27)22(31)26-17(11-21(29)30)20(28)12-25/h1-6,8-9,17,19H,7,10-13H2,(H,26,31)(H,29,30)/t17?,19-/m0/s1. The van der Waals surface area contributed by atoms with E-state index in [4.69, 9.17) is 21.4 Å². The van der Waals surface area contributed by atoms with Gasteiger partial charge in [-0.3, -0.25) is 19.3 Å². The molecule has 1 aliphatic heterocycles. The normalized spacial score (nSPS) is 15.8. The van der Waals surface area contributed by atoms with Gasteiger partial charge in [0.15, 0.2) is 5.78 Å². The quantitative estimate of drug-likeness (QED) is 0.604. The molecule has 0 saturated heterocycles. The monoisotopic (exact) mass is 476 g/mol. The van der Waals surface area contributed by atoms with Crippen LogP contribution in [0.4, 0.5) is 14.9 Å². The third-order valence-corrected chi connectivity index (χ3v) is 5.49. The topological polar surface area (TPSA) is 113 Å². The molecule has 2 N–H and O–H groups in total. The number of halogens is 2. The maximum atomic E-state index is 13.0. The second-order valence-electron chi connectivity index (χ2n) is 7.49. The number of carbonyl (C=O) groups excluding carboxylic acids is 3. The van der Waals surface area contributed by atoms with Gasteiger partial charge in [-0.05, 0) is 42.2 Å². The largest absolute Gasteiger partial charge is 0.481 e. The number of aryl methyl sites for hydroxylation is 1. The van der Waals surface area contributed by atoms with Crippen molar-refractivity contribution in [2.24, 2.45) is 0 Å². The van der Waals surface area contributed by atoms with Gasteiger partial charge in [-0.15, -0.1) is 0 Å². The van der Waals surface area contributed by atoms with Gasteiger partial charge in [0, 0.05) is 5.02 Å². The lowest BCUT2D eigenvalue weighted by Gasteiger charge is -2.36. The molecule has 1 unspecified atom stereocenters. The summed E-state index contributed by atoms with van der Waals surface area (Å²) in [6.45, 7) is -1.48. The summed E-state index contributed by atoms with van der Waals surface area (Å²) < 4.78 is 18.3. The number of fused-ring (bicyclic) bond motifs is 1. The maximum absolute atomic E-state index is 13.0. The van der Waals surface area contributed by atoms with E-state index in [2.05, 4.69) is 5.32 Å². The van der Waals surface area contributed by atoms with Crippen molar-refractivity contribution in [3.05, 3.63) is 64.7 Å². The average molecular weight is 477 g/mol. The number of hydrogen-bond acceptors (Lipinski definition) is 5. The molecule has 174 valence electrons. The van der Waals surface area contributed by atoms with Crippen LogP contribution in [0.2, 0.25) is 5.02 Å². The number of ether oxygens (including phenoxy) is 1. The number of hydrogen-bond donors (Lipinski definition) is 2. The second kappa shape index (κ2) is 10.9. The van der Waals surface area contributed by atoms with E-state index in [0.29, 0.717) is 22.7 Å². The Labute approximate surface area is 194 Å². The van der Waals surface area contributed by atoms with E-state index in [-0.39, 0.29) is 13.0 Å². The Morgan fingerprint density at radius 2 is 1.85 bits per heavy atom. The Hall–Kier alpha value is -3.46. The molecule has 1 heterocycles. The predicted molar refractivity (Wildman–Crippen MR) is 118 cm³/mol. The Balaban J connectivity index is 1.82. The highest BCUT2D eigenvalue weighted by Gasteiger charge is 2.38. The van der Waals surface area contributed by atoms with Gasteiger partial charge in [-0.1, -0.05) is 41.9 Å². The number of aliphatic carboxylic acids is 1. The smallest absolute Gasteiger partial charge is 0.415 e. The van der Waals surface area contributed by atoms with Crippen molar-refractivity contribution in [3.8, 4) is 0 Å². The summed E-state index contributed by atoms with van der Waals surface area (Å²) in [5, 5.41) is 11.8. The summed E-state index contributed by atoms with van der Waals surface area (Å²) in [6.07, 6.45) is -0.874. The zero-order valence-corrected chi connectivity index (χ0v) is 18.3. The van der Waals surface area contributed by atoms with Gasteiger partial charge in [-0.2, -0.15) is 0 Å². The molecular formula is C23H22ClFN2O6. The van der Waals surface area contributed by atoms with Crippen LogP contribution in [0.1, 0.15) is 24.0 Å². The highest BCUT2D eigenvalue weighted by Crippen LogP contribution is 2.31. The number of alkyl halides is 1. The lowest BCUT2D eigenvalue weighted by atomic mass is 9.95. The Morgan fingerprint density at radius 3 is 2.52 bits per heavy atom. The lowest BCUT2D eigenvalue weighted by molar-refractivity contribution is -0.140. The van der Waals surface area contributed by atoms with E-state index >= 15 is 0 Å². The number of nitrogens with zero attached hydrogens (tertiary/aromatic N) is 1. The number of carboxylic acids is 1. The minimum absolute atomic E-state index is 0.0645. The van der Waals surface area contributed by atoms with Crippen LogP contribution in [-0.2, 0) is 32.1 Å². The molecule has 2 atom stereocenters. The van der Waals surface area contributed by atoms with Crippen LogP contribution in [-0.4, -0.2) is 47.6 Å². The van der Waals surface area contributed by atoms with Crippen LogP contribution in [0, 0.1) is 0 Å². The van der Waals surface area contributed by atoms with Crippen molar-refractivity contribution in [3.63, 3.8) is 0 Å². The van der Waals surface area contributed by atoms with E-state index in [1.807, 2.05) is 6.07 Å². The molecule has 0 fully saturated rings. The van der Waals surface area contributed by atoms with Crippen LogP contribution >= 0.6 is 11.6 Å². The molecule has 10 heteroatoms. The summed E-state index contributed by atoms with van der Waals surface area (Å²) >= 11 is 5.87. The van der Waals surface area contributed by atoms with E-state index in [1.165, 1.54) is 4.90 Å². The Bertz CT molecular complexity index is 1050. The Morgan fingerprint density at radius 1 is 1.15 bits per heavy atom. The summed E-state index contributed by atoms with van der Waals surface area (Å²) in [5.41, 5.74) is 1.98. The fraction of sp³-hybridized carbons (Fsp3) is 0.304. The van der Waals surface area contributed by atoms with Gasteiger partial charge in [0.25, 0.3) is 0 Å². The average Bonchev–Trinajstić information content (AvgIpc) is 2.81. The van der Waals surface area contributed by atoms with Crippen LogP contribution in [0.3, 0.4) is 0 Å². The highest BCUT2D eigenvalue weighted by atomic mass is 35.5. The van der Waals surface area contributed by atoms with Crippen molar-refractivity contribution >= 4 is 41.0 Å². The van der Waals surface area contributed by atoms with E-state index in [1.54, 1.807) is 42.5 Å². The van der Waals surface area contributed by atoms with Crippen molar-refractivity contribution in [2.75, 3.05) is 11.6 Å². The third-order valence-electron chi connectivity index (χ3n) is 5.24. The number of nitrogens with one attached hydrogen (secondary N) is 1. The molecule has 33 heavy (non-hydrogen) atoms. The molecule has 0 saturated carbocycles. The fourth-order valence-electron chi connectivity index (χ4n) is 3.60. The first kappa shape index (κ1) is 24.2. The maximum Gasteiger partial charge on any atom is 0.415 e. The molecule has 2 aromatic carbocycles. The van der Waals surface area contributed by atoms with Crippen LogP contribution in [0.15, 0.2) is 48.5 Å². The molecule has 0 spiro atoms. The molecule has 2 amide bonds. The number of benzene rings is 2. The summed E-state index contributed by atoms with van der Waals surface area (Å²) in [7, 11) is 0. The number of carbonyl (C=O) groups is 4. The van der Waals surface area contributed by atoms with E-state index in [0.717, 1.165) is 5.56 Å².